The van der Waals surface area contributed by atoms with Gasteiger partial charge in [0, 0.05) is 12.3 Å². The highest BCUT2D eigenvalue weighted by Gasteiger charge is 2.05. The zero-order chi connectivity index (χ0) is 8.65. The topological polar surface area (TPSA) is 12.4 Å². The molecule has 0 fully saturated rings. The van der Waals surface area contributed by atoms with E-state index in [9.17, 15) is 0 Å². The molecule has 0 aromatic heterocycles. The van der Waals surface area contributed by atoms with Crippen molar-refractivity contribution in [3.05, 3.63) is 0 Å². The summed E-state index contributed by atoms with van der Waals surface area (Å²) in [7, 11) is 0. The van der Waals surface area contributed by atoms with Crippen LogP contribution in [0.4, 0.5) is 0 Å². The van der Waals surface area contributed by atoms with Gasteiger partial charge in [-0.1, -0.05) is 31.5 Å². The number of aliphatic imine (C=N–C) groups is 1. The first-order chi connectivity index (χ1) is 5.93. The van der Waals surface area contributed by atoms with Gasteiger partial charge in [0.05, 0.1) is 0 Å². The quantitative estimate of drug-likeness (QED) is 0.649. The molecule has 1 heterocycles. The van der Waals surface area contributed by atoms with E-state index >= 15 is 0 Å². The number of hydrogen-bond acceptors (Lipinski definition) is 3. The predicted octanol–water partition coefficient (Wildman–Crippen LogP) is 3.40. The van der Waals surface area contributed by atoms with E-state index in [1.54, 1.807) is 0 Å². The third-order valence-electron chi connectivity index (χ3n) is 1.74. The summed E-state index contributed by atoms with van der Waals surface area (Å²) in [5, 5.41) is 0. The molecule has 1 aliphatic heterocycles. The molecule has 0 aliphatic carbocycles. The first-order valence-corrected chi connectivity index (χ1v) is 6.70. The van der Waals surface area contributed by atoms with Crippen molar-refractivity contribution in [3.63, 3.8) is 0 Å². The van der Waals surface area contributed by atoms with Gasteiger partial charge in [-0.15, -0.1) is 11.8 Å². The molecular weight excluding hydrogens is 186 g/mol. The fraction of sp³-hybridized carbons (Fsp3) is 0.889. The normalized spacial score (nSPS) is 17.6. The second-order valence-corrected chi connectivity index (χ2v) is 5.33. The number of unbranched alkanes of at least 4 members (excludes halogenated alkanes) is 2. The Hall–Kier alpha value is 0.370. The van der Waals surface area contributed by atoms with Crippen molar-refractivity contribution < 1.29 is 0 Å². The van der Waals surface area contributed by atoms with Gasteiger partial charge in [-0.3, -0.25) is 4.99 Å². The smallest absolute Gasteiger partial charge is 0.124 e. The lowest BCUT2D eigenvalue weighted by molar-refractivity contribution is 0.779. The summed E-state index contributed by atoms with van der Waals surface area (Å²) in [6.07, 6.45) is 5.30. The summed E-state index contributed by atoms with van der Waals surface area (Å²) >= 11 is 3.88. The van der Waals surface area contributed by atoms with Crippen molar-refractivity contribution in [2.24, 2.45) is 4.99 Å². The molecule has 0 radical (unpaired) electrons. The molecular formula is C9H17NS2. The Labute approximate surface area is 83.8 Å². The SMILES string of the molecule is CCCCCSC1=NCCCS1. The van der Waals surface area contributed by atoms with Crippen LogP contribution in [-0.2, 0) is 0 Å². The molecule has 0 amide bonds. The average Bonchev–Trinajstić information content (AvgIpc) is 2.14. The molecule has 0 unspecified atom stereocenters. The minimum atomic E-state index is 1.06. The van der Waals surface area contributed by atoms with Crippen molar-refractivity contribution in [1.29, 1.82) is 0 Å². The van der Waals surface area contributed by atoms with Crippen molar-refractivity contribution in [3.8, 4) is 0 Å². The van der Waals surface area contributed by atoms with Crippen molar-refractivity contribution in [2.75, 3.05) is 18.1 Å². The van der Waals surface area contributed by atoms with Gasteiger partial charge < -0.3 is 0 Å². The molecule has 1 aliphatic rings. The van der Waals surface area contributed by atoms with Gasteiger partial charge in [-0.05, 0) is 18.6 Å². The number of nitrogens with zero attached hydrogens (tertiary/aromatic N) is 1. The fourth-order valence-corrected chi connectivity index (χ4v) is 3.21. The number of rotatable bonds is 4. The van der Waals surface area contributed by atoms with Gasteiger partial charge in [0.25, 0.3) is 0 Å². The first kappa shape index (κ1) is 10.5. The minimum Gasteiger partial charge on any atom is -0.272 e. The zero-order valence-electron chi connectivity index (χ0n) is 7.71. The third kappa shape index (κ3) is 4.41. The molecule has 0 spiro atoms. The van der Waals surface area contributed by atoms with Crippen molar-refractivity contribution in [2.45, 2.75) is 32.6 Å². The summed E-state index contributed by atoms with van der Waals surface area (Å²) in [6, 6.07) is 0. The van der Waals surface area contributed by atoms with Crippen LogP contribution >= 0.6 is 23.5 Å². The molecule has 70 valence electrons. The van der Waals surface area contributed by atoms with Crippen LogP contribution in [0.5, 0.6) is 0 Å². The molecule has 0 saturated carbocycles. The molecule has 0 bridgehead atoms. The first-order valence-electron chi connectivity index (χ1n) is 4.73. The van der Waals surface area contributed by atoms with Gasteiger partial charge in [0.2, 0.25) is 0 Å². The maximum absolute atomic E-state index is 4.47. The third-order valence-corrected chi connectivity index (χ3v) is 4.19. The van der Waals surface area contributed by atoms with Gasteiger partial charge in [0.15, 0.2) is 0 Å². The molecule has 1 rings (SSSR count). The lowest BCUT2D eigenvalue weighted by Gasteiger charge is -2.09. The Kier molecular flexibility index (Phi) is 5.96. The second kappa shape index (κ2) is 6.84. The largest absolute Gasteiger partial charge is 0.272 e. The Balaban J connectivity index is 2.01. The van der Waals surface area contributed by atoms with Crippen molar-refractivity contribution in [1.82, 2.24) is 0 Å². The highest BCUT2D eigenvalue weighted by Crippen LogP contribution is 2.22. The van der Waals surface area contributed by atoms with Crippen LogP contribution in [-0.4, -0.2) is 22.4 Å². The highest BCUT2D eigenvalue weighted by molar-refractivity contribution is 8.38. The maximum atomic E-state index is 4.47. The van der Waals surface area contributed by atoms with Crippen LogP contribution in [0.1, 0.15) is 32.6 Å². The molecule has 0 aromatic carbocycles. The Bertz CT molecular complexity index is 145. The second-order valence-electron chi connectivity index (χ2n) is 2.91. The zero-order valence-corrected chi connectivity index (χ0v) is 9.35. The van der Waals surface area contributed by atoms with Crippen LogP contribution < -0.4 is 0 Å². The lowest BCUT2D eigenvalue weighted by Crippen LogP contribution is -2.00. The van der Waals surface area contributed by atoms with Crippen LogP contribution in [0, 0.1) is 0 Å². The van der Waals surface area contributed by atoms with Crippen molar-refractivity contribution >= 4 is 27.9 Å². The van der Waals surface area contributed by atoms with E-state index in [2.05, 4.69) is 11.9 Å². The van der Waals surface area contributed by atoms with E-state index in [4.69, 9.17) is 0 Å². The monoisotopic (exact) mass is 203 g/mol. The molecule has 1 nitrogen and oxygen atoms in total. The number of thioether (sulfide) groups is 2. The van der Waals surface area contributed by atoms with E-state index in [0.29, 0.717) is 0 Å². The van der Waals surface area contributed by atoms with Crippen LogP contribution in [0.25, 0.3) is 0 Å². The maximum Gasteiger partial charge on any atom is 0.124 e. The van der Waals surface area contributed by atoms with Gasteiger partial charge in [-0.2, -0.15) is 0 Å². The molecule has 0 saturated heterocycles. The Morgan fingerprint density at radius 2 is 2.42 bits per heavy atom. The molecule has 0 N–H and O–H groups in total. The standard InChI is InChI=1S/C9H17NS2/c1-2-3-4-7-11-9-10-6-5-8-12-9/h2-8H2,1H3. The fourth-order valence-electron chi connectivity index (χ4n) is 1.04. The lowest BCUT2D eigenvalue weighted by atomic mass is 10.3. The summed E-state index contributed by atoms with van der Waals surface area (Å²) in [6.45, 7) is 3.31. The van der Waals surface area contributed by atoms with Crippen LogP contribution in [0.2, 0.25) is 0 Å². The molecule has 3 heteroatoms. The Morgan fingerprint density at radius 3 is 3.08 bits per heavy atom. The van der Waals surface area contributed by atoms with E-state index in [1.165, 1.54) is 41.6 Å². The average molecular weight is 203 g/mol. The summed E-state index contributed by atoms with van der Waals surface area (Å²) in [5.41, 5.74) is 0. The summed E-state index contributed by atoms with van der Waals surface area (Å²) < 4.78 is 1.33. The van der Waals surface area contributed by atoms with E-state index in [0.717, 1.165) is 6.54 Å². The highest BCUT2D eigenvalue weighted by atomic mass is 32.2. The van der Waals surface area contributed by atoms with Gasteiger partial charge >= 0.3 is 0 Å². The minimum absolute atomic E-state index is 1.06. The molecule has 0 aromatic rings. The predicted molar refractivity (Wildman–Crippen MR) is 61.4 cm³/mol. The van der Waals surface area contributed by atoms with E-state index < -0.39 is 0 Å². The van der Waals surface area contributed by atoms with Crippen LogP contribution in [0.15, 0.2) is 4.99 Å². The Morgan fingerprint density at radius 1 is 1.50 bits per heavy atom. The molecule has 12 heavy (non-hydrogen) atoms. The van der Waals surface area contributed by atoms with Gasteiger partial charge in [0.1, 0.15) is 4.38 Å². The molecule has 0 atom stereocenters. The van der Waals surface area contributed by atoms with E-state index in [1.807, 2.05) is 23.5 Å². The summed E-state index contributed by atoms with van der Waals surface area (Å²) in [4.78, 5) is 4.47. The number of hydrogen-bond donors (Lipinski definition) is 0. The van der Waals surface area contributed by atoms with Crippen LogP contribution in [0.3, 0.4) is 0 Å². The van der Waals surface area contributed by atoms with Gasteiger partial charge in [-0.25, -0.2) is 0 Å². The van der Waals surface area contributed by atoms with E-state index in [-0.39, 0.29) is 0 Å². The summed E-state index contributed by atoms with van der Waals surface area (Å²) in [5.74, 6) is 2.54.